The third-order valence-corrected chi connectivity index (χ3v) is 6.54. The smallest absolute Gasteiger partial charge is 0.274 e. The van der Waals surface area contributed by atoms with Gasteiger partial charge in [-0.25, -0.2) is 18.7 Å². The fourth-order valence-corrected chi connectivity index (χ4v) is 4.69. The van der Waals surface area contributed by atoms with Gasteiger partial charge in [-0.15, -0.1) is 0 Å². The maximum absolute atomic E-state index is 14.3. The molecule has 1 fully saturated rings. The van der Waals surface area contributed by atoms with Gasteiger partial charge >= 0.3 is 0 Å². The first kappa shape index (κ1) is 25.8. The predicted octanol–water partition coefficient (Wildman–Crippen LogP) is 3.51. The average Bonchev–Trinajstić information content (AvgIpc) is 3.33. The minimum Gasteiger partial charge on any atom is -0.394 e. The lowest BCUT2D eigenvalue weighted by Gasteiger charge is -2.28. The SMILES string of the molecule is N#Cc1ccncc1-c1ccc(NC(=O)c2ccnc(-c3c(F)cccc3F)n2)c(N2C[C@@H](N)CC2CO)c1. The molecule has 0 spiro atoms. The zero-order chi connectivity index (χ0) is 27.5. The molecule has 1 aliphatic heterocycles. The first-order chi connectivity index (χ1) is 18.9. The molecular weight excluding hydrogens is 504 g/mol. The molecule has 4 N–H and O–H groups in total. The average molecular weight is 528 g/mol. The third-order valence-electron chi connectivity index (χ3n) is 6.54. The van der Waals surface area contributed by atoms with Crippen LogP contribution in [0.4, 0.5) is 20.2 Å². The van der Waals surface area contributed by atoms with Crippen LogP contribution in [0.25, 0.3) is 22.5 Å². The van der Waals surface area contributed by atoms with Crippen LogP contribution in [0.15, 0.2) is 67.1 Å². The second-order valence-electron chi connectivity index (χ2n) is 9.07. The molecule has 0 bridgehead atoms. The topological polar surface area (TPSA) is 141 Å². The maximum Gasteiger partial charge on any atom is 0.274 e. The summed E-state index contributed by atoms with van der Waals surface area (Å²) in [5.74, 6) is -2.59. The first-order valence-electron chi connectivity index (χ1n) is 12.1. The number of halogens is 2. The summed E-state index contributed by atoms with van der Waals surface area (Å²) >= 11 is 0. The molecule has 2 aromatic heterocycles. The van der Waals surface area contributed by atoms with Gasteiger partial charge in [-0.05, 0) is 48.4 Å². The number of hydrogen-bond acceptors (Lipinski definition) is 8. The number of hydrogen-bond donors (Lipinski definition) is 3. The van der Waals surface area contributed by atoms with E-state index in [4.69, 9.17) is 5.73 Å². The molecular formula is C28H23F2N7O2. The summed E-state index contributed by atoms with van der Waals surface area (Å²) in [6.07, 6.45) is 4.91. The molecule has 196 valence electrons. The van der Waals surface area contributed by atoms with Gasteiger partial charge < -0.3 is 21.1 Å². The van der Waals surface area contributed by atoms with Crippen molar-refractivity contribution in [3.8, 4) is 28.6 Å². The van der Waals surface area contributed by atoms with Gasteiger partial charge in [-0.2, -0.15) is 5.26 Å². The number of aromatic nitrogens is 3. The highest BCUT2D eigenvalue weighted by molar-refractivity contribution is 6.05. The van der Waals surface area contributed by atoms with Crippen LogP contribution in [-0.2, 0) is 0 Å². The van der Waals surface area contributed by atoms with Crippen molar-refractivity contribution in [1.82, 2.24) is 15.0 Å². The number of benzene rings is 2. The van der Waals surface area contributed by atoms with E-state index >= 15 is 0 Å². The van der Waals surface area contributed by atoms with E-state index in [0.717, 1.165) is 12.1 Å². The number of anilines is 2. The van der Waals surface area contributed by atoms with Crippen LogP contribution in [0.5, 0.6) is 0 Å². The molecule has 4 aromatic rings. The Hall–Kier alpha value is -4.79. The van der Waals surface area contributed by atoms with Gasteiger partial charge in [0.2, 0.25) is 0 Å². The highest BCUT2D eigenvalue weighted by atomic mass is 19.1. The quantitative estimate of drug-likeness (QED) is 0.346. The maximum atomic E-state index is 14.3. The number of amides is 1. The number of carbonyl (C=O) groups is 1. The molecule has 0 saturated carbocycles. The van der Waals surface area contributed by atoms with Gasteiger partial charge in [0.25, 0.3) is 5.91 Å². The van der Waals surface area contributed by atoms with Crippen LogP contribution in [0, 0.1) is 23.0 Å². The van der Waals surface area contributed by atoms with Crippen LogP contribution in [0.3, 0.4) is 0 Å². The molecule has 3 heterocycles. The Kier molecular flexibility index (Phi) is 7.23. The van der Waals surface area contributed by atoms with Crippen molar-refractivity contribution in [2.24, 2.45) is 5.73 Å². The molecule has 1 saturated heterocycles. The summed E-state index contributed by atoms with van der Waals surface area (Å²) in [6.45, 7) is 0.283. The van der Waals surface area contributed by atoms with Crippen molar-refractivity contribution in [2.75, 3.05) is 23.4 Å². The number of nitrogens with zero attached hydrogens (tertiary/aromatic N) is 5. The standard InChI is InChI=1S/C28H23F2N7O2/c29-21-2-1-3-22(30)26(21)27-34-9-7-24(35-27)28(39)36-23-5-4-16(20-13-33-8-6-17(20)12-31)10-25(23)37-14-18(32)11-19(37)15-38/h1-10,13,18-19,38H,11,14-15,32H2,(H,36,39)/t18-,19?/m0/s1. The zero-order valence-electron chi connectivity index (χ0n) is 20.6. The van der Waals surface area contributed by atoms with Gasteiger partial charge in [0.05, 0.1) is 41.2 Å². The molecule has 2 aromatic carbocycles. The summed E-state index contributed by atoms with van der Waals surface area (Å²) in [5, 5.41) is 22.4. The third kappa shape index (κ3) is 5.16. The van der Waals surface area contributed by atoms with Crippen molar-refractivity contribution in [3.63, 3.8) is 0 Å². The molecule has 39 heavy (non-hydrogen) atoms. The number of carbonyl (C=O) groups excluding carboxylic acids is 1. The molecule has 1 aliphatic rings. The summed E-state index contributed by atoms with van der Waals surface area (Å²) in [6, 6.07) is 13.2. The zero-order valence-corrected chi connectivity index (χ0v) is 20.6. The Labute approximate surface area is 222 Å². The molecule has 2 atom stereocenters. The van der Waals surface area contributed by atoms with Gasteiger partial charge in [0.1, 0.15) is 17.3 Å². The Balaban J connectivity index is 1.53. The van der Waals surface area contributed by atoms with E-state index in [9.17, 15) is 23.9 Å². The van der Waals surface area contributed by atoms with Crippen molar-refractivity contribution in [2.45, 2.75) is 18.5 Å². The number of nitrogens with two attached hydrogens (primary N) is 1. The number of nitrogens with one attached hydrogen (secondary N) is 1. The second-order valence-corrected chi connectivity index (χ2v) is 9.07. The number of aliphatic hydroxyl groups is 1. The van der Waals surface area contributed by atoms with E-state index in [1.54, 1.807) is 30.5 Å². The summed E-state index contributed by atoms with van der Waals surface area (Å²) < 4.78 is 28.6. The summed E-state index contributed by atoms with van der Waals surface area (Å²) in [7, 11) is 0. The molecule has 11 heteroatoms. The van der Waals surface area contributed by atoms with Gasteiger partial charge in [-0.1, -0.05) is 12.1 Å². The van der Waals surface area contributed by atoms with Crippen molar-refractivity contribution < 1.29 is 18.7 Å². The number of rotatable bonds is 6. The number of aliphatic hydroxyl groups excluding tert-OH is 1. The van der Waals surface area contributed by atoms with Gasteiger partial charge in [0.15, 0.2) is 5.82 Å². The lowest BCUT2D eigenvalue weighted by Crippen LogP contribution is -2.33. The monoisotopic (exact) mass is 527 g/mol. The molecule has 5 rings (SSSR count). The molecule has 1 unspecified atom stereocenters. The minimum absolute atomic E-state index is 0.103. The van der Waals surface area contributed by atoms with E-state index in [0.29, 0.717) is 41.0 Å². The predicted molar refractivity (Wildman–Crippen MR) is 141 cm³/mol. The van der Waals surface area contributed by atoms with Gasteiger partial charge in [0, 0.05) is 36.7 Å². The lowest BCUT2D eigenvalue weighted by molar-refractivity contribution is 0.102. The fraction of sp³-hybridized carbons (Fsp3) is 0.179. The van der Waals surface area contributed by atoms with Crippen molar-refractivity contribution in [1.29, 1.82) is 5.26 Å². The molecule has 0 aliphatic carbocycles. The summed E-state index contributed by atoms with van der Waals surface area (Å²) in [5.41, 5.74) is 8.35. The largest absolute Gasteiger partial charge is 0.394 e. The summed E-state index contributed by atoms with van der Waals surface area (Å²) in [4.78, 5) is 27.4. The minimum atomic E-state index is -0.849. The normalized spacial score (nSPS) is 16.6. The fourth-order valence-electron chi connectivity index (χ4n) is 4.69. The highest BCUT2D eigenvalue weighted by Gasteiger charge is 2.31. The van der Waals surface area contributed by atoms with Crippen molar-refractivity contribution in [3.05, 3.63) is 90.0 Å². The first-order valence-corrected chi connectivity index (χ1v) is 12.1. The molecule has 0 radical (unpaired) electrons. The lowest BCUT2D eigenvalue weighted by atomic mass is 10.0. The van der Waals surface area contributed by atoms with Crippen LogP contribution < -0.4 is 16.0 Å². The second kappa shape index (κ2) is 10.9. The van der Waals surface area contributed by atoms with E-state index in [1.165, 1.54) is 24.5 Å². The van der Waals surface area contributed by atoms with Crippen LogP contribution in [-0.4, -0.2) is 51.2 Å². The van der Waals surface area contributed by atoms with Gasteiger partial charge in [-0.3, -0.25) is 9.78 Å². The Morgan fingerprint density at radius 2 is 1.97 bits per heavy atom. The van der Waals surface area contributed by atoms with Crippen molar-refractivity contribution >= 4 is 17.3 Å². The van der Waals surface area contributed by atoms with E-state index in [-0.39, 0.29) is 30.2 Å². The Morgan fingerprint density at radius 1 is 1.18 bits per heavy atom. The number of pyridine rings is 1. The molecule has 1 amide bonds. The molecule has 9 nitrogen and oxygen atoms in total. The van der Waals surface area contributed by atoms with E-state index < -0.39 is 23.1 Å². The Morgan fingerprint density at radius 3 is 2.72 bits per heavy atom. The van der Waals surface area contributed by atoms with Crippen LogP contribution in [0.2, 0.25) is 0 Å². The Bertz CT molecular complexity index is 1570. The number of nitriles is 1. The van der Waals surface area contributed by atoms with Crippen LogP contribution >= 0.6 is 0 Å². The van der Waals surface area contributed by atoms with E-state index in [1.807, 2.05) is 4.90 Å². The van der Waals surface area contributed by atoms with Crippen LogP contribution in [0.1, 0.15) is 22.5 Å². The highest BCUT2D eigenvalue weighted by Crippen LogP contribution is 2.36. The van der Waals surface area contributed by atoms with E-state index in [2.05, 4.69) is 26.3 Å².